The molecule has 5 aromatic rings. The number of aromatic nitrogens is 4. The second kappa shape index (κ2) is 9.17. The molecule has 0 aliphatic heterocycles. The van der Waals surface area contributed by atoms with Gasteiger partial charge in [-0.25, -0.2) is 9.37 Å². The molecule has 0 unspecified atom stereocenters. The Kier molecular flexibility index (Phi) is 5.98. The summed E-state index contributed by atoms with van der Waals surface area (Å²) in [4.78, 5) is 8.62. The first-order chi connectivity index (χ1) is 15.6. The largest absolute Gasteiger partial charge is 0.493 e. The third kappa shape index (κ3) is 4.51. The Morgan fingerprint density at radius 3 is 2.38 bits per heavy atom. The third-order valence-electron chi connectivity index (χ3n) is 4.68. The Hall–Kier alpha value is -4.40. The number of aromatic amines is 1. The topological polar surface area (TPSA) is 111 Å². The van der Waals surface area contributed by atoms with Crippen molar-refractivity contribution in [3.05, 3.63) is 72.7 Å². The third-order valence-corrected chi connectivity index (χ3v) is 4.68. The van der Waals surface area contributed by atoms with Crippen molar-refractivity contribution < 1.29 is 13.9 Å². The summed E-state index contributed by atoms with van der Waals surface area (Å²) in [7, 11) is 3.09. The molecule has 8 nitrogen and oxygen atoms in total. The number of rotatable bonds is 4. The molecule has 5 rings (SSSR count). The number of hydrogen-bond donors (Lipinski definition) is 3. The molecule has 0 radical (unpaired) electrons. The summed E-state index contributed by atoms with van der Waals surface area (Å²) in [5.41, 5.74) is 8.37. The molecular weight excluding hydrogens is 411 g/mol. The lowest BCUT2D eigenvalue weighted by Crippen LogP contribution is -2.02. The van der Waals surface area contributed by atoms with Crippen molar-refractivity contribution in [2.45, 2.75) is 0 Å². The van der Waals surface area contributed by atoms with Gasteiger partial charge in [0.15, 0.2) is 11.5 Å². The summed E-state index contributed by atoms with van der Waals surface area (Å²) in [6, 6.07) is 17.3. The van der Waals surface area contributed by atoms with Crippen molar-refractivity contribution in [2.24, 2.45) is 0 Å². The van der Waals surface area contributed by atoms with Gasteiger partial charge >= 0.3 is 0 Å². The summed E-state index contributed by atoms with van der Waals surface area (Å²) in [6.07, 6.45) is 1.81. The van der Waals surface area contributed by atoms with Gasteiger partial charge in [0.25, 0.3) is 0 Å². The normalized spacial score (nSPS) is 10.5. The first kappa shape index (κ1) is 20.9. The van der Waals surface area contributed by atoms with Crippen LogP contribution >= 0.6 is 0 Å². The molecule has 9 heteroatoms. The van der Waals surface area contributed by atoms with E-state index in [2.05, 4.69) is 25.5 Å². The van der Waals surface area contributed by atoms with Gasteiger partial charge in [0.2, 0.25) is 5.95 Å². The van der Waals surface area contributed by atoms with Crippen LogP contribution in [0.15, 0.2) is 66.9 Å². The second-order valence-corrected chi connectivity index (χ2v) is 6.75. The second-order valence-electron chi connectivity index (χ2n) is 6.75. The van der Waals surface area contributed by atoms with E-state index in [4.69, 9.17) is 15.2 Å². The Balaban J connectivity index is 0.000000225. The molecule has 0 amide bonds. The predicted octanol–water partition coefficient (Wildman–Crippen LogP) is 4.67. The number of halogens is 1. The van der Waals surface area contributed by atoms with Crippen LogP contribution in [0.3, 0.4) is 0 Å². The monoisotopic (exact) mass is 432 g/mol. The number of benzene rings is 3. The average molecular weight is 432 g/mol. The van der Waals surface area contributed by atoms with E-state index in [1.807, 2.05) is 30.5 Å². The molecule has 0 aliphatic rings. The van der Waals surface area contributed by atoms with E-state index < -0.39 is 0 Å². The Morgan fingerprint density at radius 2 is 1.66 bits per heavy atom. The highest BCUT2D eigenvalue weighted by Gasteiger charge is 2.11. The number of fused-ring (bicyclic) bond motifs is 2. The lowest BCUT2D eigenvalue weighted by molar-refractivity contribution is 0.356. The van der Waals surface area contributed by atoms with E-state index >= 15 is 0 Å². The molecular formula is C23H21FN6O2. The van der Waals surface area contributed by atoms with Crippen LogP contribution in [-0.4, -0.2) is 34.4 Å². The summed E-state index contributed by atoms with van der Waals surface area (Å²) >= 11 is 0. The van der Waals surface area contributed by atoms with Gasteiger partial charge in [-0.1, -0.05) is 18.2 Å². The van der Waals surface area contributed by atoms with Gasteiger partial charge in [-0.2, -0.15) is 10.1 Å². The number of para-hydroxylation sites is 1. The minimum atomic E-state index is -0.314. The highest BCUT2D eigenvalue weighted by molar-refractivity contribution is 5.92. The summed E-state index contributed by atoms with van der Waals surface area (Å²) in [5, 5.41) is 11.6. The van der Waals surface area contributed by atoms with Crippen molar-refractivity contribution in [2.75, 3.05) is 25.3 Å². The molecule has 0 fully saturated rings. The molecule has 3 aromatic carbocycles. The molecule has 2 heterocycles. The van der Waals surface area contributed by atoms with Crippen LogP contribution in [0, 0.1) is 5.82 Å². The fourth-order valence-electron chi connectivity index (χ4n) is 3.08. The average Bonchev–Trinajstić information content (AvgIpc) is 3.29. The molecule has 0 saturated heterocycles. The maximum atomic E-state index is 12.9. The maximum absolute atomic E-state index is 12.9. The zero-order valence-corrected chi connectivity index (χ0v) is 17.5. The van der Waals surface area contributed by atoms with Crippen molar-refractivity contribution in [3.63, 3.8) is 0 Å². The molecule has 162 valence electrons. The zero-order valence-electron chi connectivity index (χ0n) is 17.5. The zero-order chi connectivity index (χ0) is 22.5. The van der Waals surface area contributed by atoms with Gasteiger partial charge in [-0.15, -0.1) is 0 Å². The van der Waals surface area contributed by atoms with Gasteiger partial charge in [0.05, 0.1) is 31.4 Å². The van der Waals surface area contributed by atoms with Crippen LogP contribution < -0.4 is 20.5 Å². The maximum Gasteiger partial charge on any atom is 0.229 e. The minimum Gasteiger partial charge on any atom is -0.493 e. The van der Waals surface area contributed by atoms with Gasteiger partial charge in [-0.05, 0) is 36.4 Å². The molecule has 0 atom stereocenters. The first-order valence-corrected chi connectivity index (χ1v) is 9.67. The van der Waals surface area contributed by atoms with Crippen LogP contribution in [0.4, 0.5) is 21.8 Å². The summed E-state index contributed by atoms with van der Waals surface area (Å²) in [5.74, 6) is 1.40. The van der Waals surface area contributed by atoms with Crippen LogP contribution in [0.2, 0.25) is 0 Å². The number of hydrogen-bond acceptors (Lipinski definition) is 7. The van der Waals surface area contributed by atoms with Crippen LogP contribution in [0.1, 0.15) is 0 Å². The molecule has 0 aliphatic carbocycles. The molecule has 4 N–H and O–H groups in total. The molecule has 0 spiro atoms. The smallest absolute Gasteiger partial charge is 0.229 e. The Labute approximate surface area is 183 Å². The summed E-state index contributed by atoms with van der Waals surface area (Å²) < 4.78 is 23.5. The first-order valence-electron chi connectivity index (χ1n) is 9.67. The highest BCUT2D eigenvalue weighted by atomic mass is 19.1. The SMILES string of the molecule is COc1cc2nc(Nc3ccc(F)cc3)nc(N)c2cc1OC.c1ccc2[nH]ncc2c1. The number of nitrogens with zero attached hydrogens (tertiary/aromatic N) is 3. The number of nitrogens with two attached hydrogens (primary N) is 1. The van der Waals surface area contributed by atoms with Crippen LogP contribution in [-0.2, 0) is 0 Å². The predicted molar refractivity (Wildman–Crippen MR) is 123 cm³/mol. The Bertz CT molecular complexity index is 1320. The molecule has 0 saturated carbocycles. The van der Waals surface area contributed by atoms with Crippen LogP contribution in [0.5, 0.6) is 11.5 Å². The van der Waals surface area contributed by atoms with Gasteiger partial charge in [0, 0.05) is 22.5 Å². The standard InChI is InChI=1S/C16H15FN4O2.C7H6N2/c1-22-13-7-11-12(8-14(13)23-2)20-16(21-15(11)18)19-10-5-3-9(17)4-6-10;1-2-4-7-6(3-1)5-8-9-7/h3-8H,1-2H3,(H3,18,19,20,21);1-5H,(H,8,9). The van der Waals surface area contributed by atoms with Crippen molar-refractivity contribution in [1.82, 2.24) is 20.2 Å². The van der Waals surface area contributed by atoms with Crippen LogP contribution in [0.25, 0.3) is 21.8 Å². The number of nitrogens with one attached hydrogen (secondary N) is 2. The molecule has 2 aromatic heterocycles. The Morgan fingerprint density at radius 1 is 0.938 bits per heavy atom. The van der Waals surface area contributed by atoms with E-state index in [1.165, 1.54) is 12.1 Å². The van der Waals surface area contributed by atoms with E-state index in [0.717, 1.165) is 10.9 Å². The number of nitrogen functional groups attached to an aromatic ring is 1. The van der Waals surface area contributed by atoms with E-state index in [1.54, 1.807) is 38.5 Å². The van der Waals surface area contributed by atoms with E-state index in [0.29, 0.717) is 39.9 Å². The minimum absolute atomic E-state index is 0.306. The van der Waals surface area contributed by atoms with E-state index in [9.17, 15) is 4.39 Å². The molecule has 32 heavy (non-hydrogen) atoms. The quantitative estimate of drug-likeness (QED) is 0.378. The van der Waals surface area contributed by atoms with E-state index in [-0.39, 0.29) is 5.82 Å². The van der Waals surface area contributed by atoms with Gasteiger partial charge < -0.3 is 20.5 Å². The lowest BCUT2D eigenvalue weighted by Gasteiger charge is -2.11. The number of methoxy groups -OCH3 is 2. The van der Waals surface area contributed by atoms with Gasteiger partial charge in [0.1, 0.15) is 11.6 Å². The van der Waals surface area contributed by atoms with Crippen molar-refractivity contribution in [3.8, 4) is 11.5 Å². The highest BCUT2D eigenvalue weighted by Crippen LogP contribution is 2.33. The number of ether oxygens (including phenoxy) is 2. The lowest BCUT2D eigenvalue weighted by atomic mass is 10.2. The van der Waals surface area contributed by atoms with Gasteiger partial charge in [-0.3, -0.25) is 5.10 Å². The molecule has 0 bridgehead atoms. The number of anilines is 3. The number of H-pyrrole nitrogens is 1. The van der Waals surface area contributed by atoms with Crippen molar-refractivity contribution >= 4 is 39.3 Å². The fourth-order valence-corrected chi connectivity index (χ4v) is 3.08. The summed E-state index contributed by atoms with van der Waals surface area (Å²) in [6.45, 7) is 0. The fraction of sp³-hybridized carbons (Fsp3) is 0.0870. The van der Waals surface area contributed by atoms with Crippen molar-refractivity contribution in [1.29, 1.82) is 0 Å².